The van der Waals surface area contributed by atoms with E-state index in [0.717, 1.165) is 41.1 Å². The van der Waals surface area contributed by atoms with Crippen LogP contribution in [0.25, 0.3) is 10.4 Å². The van der Waals surface area contributed by atoms with Gasteiger partial charge in [0, 0.05) is 28.9 Å². The van der Waals surface area contributed by atoms with Gasteiger partial charge in [-0.3, -0.25) is 4.79 Å². The normalized spacial score (nSPS) is 16.8. The summed E-state index contributed by atoms with van der Waals surface area (Å²) in [5.74, 6) is 1.35. The third-order valence-corrected chi connectivity index (χ3v) is 8.17. The summed E-state index contributed by atoms with van der Waals surface area (Å²) >= 11 is 7.84. The van der Waals surface area contributed by atoms with Crippen LogP contribution in [0.2, 0.25) is 5.02 Å². The van der Waals surface area contributed by atoms with Gasteiger partial charge < -0.3 is 20.1 Å². The van der Waals surface area contributed by atoms with Gasteiger partial charge in [0.1, 0.15) is 5.75 Å². The van der Waals surface area contributed by atoms with E-state index in [2.05, 4.69) is 15.6 Å². The molecule has 2 N–H and O–H groups in total. The molecule has 1 heterocycles. The Morgan fingerprint density at radius 3 is 2.41 bits per heavy atom. The van der Waals surface area contributed by atoms with Gasteiger partial charge in [-0.05, 0) is 67.6 Å². The number of benzene rings is 3. The number of methoxy groups -OCH3 is 1. The molecule has 200 valence electrons. The molecule has 1 fully saturated rings. The van der Waals surface area contributed by atoms with E-state index < -0.39 is 6.03 Å². The molecule has 2 amide bonds. The van der Waals surface area contributed by atoms with Crippen molar-refractivity contribution in [2.45, 2.75) is 31.6 Å². The quantitative estimate of drug-likeness (QED) is 0.221. The summed E-state index contributed by atoms with van der Waals surface area (Å²) in [5, 5.41) is 7.30. The van der Waals surface area contributed by atoms with Crippen molar-refractivity contribution in [3.05, 3.63) is 89.0 Å². The van der Waals surface area contributed by atoms with Crippen LogP contribution in [0.1, 0.15) is 36.6 Å². The zero-order chi connectivity index (χ0) is 27.2. The molecule has 0 unspecified atom stereocenters. The van der Waals surface area contributed by atoms with Gasteiger partial charge in [0.15, 0.2) is 5.75 Å². The Labute approximate surface area is 236 Å². The van der Waals surface area contributed by atoms with Crippen LogP contribution < -0.4 is 15.4 Å². The van der Waals surface area contributed by atoms with E-state index in [1.165, 1.54) is 7.11 Å². The van der Waals surface area contributed by atoms with Crippen molar-refractivity contribution >= 4 is 46.3 Å². The smallest absolute Gasteiger partial charge is 0.323 e. The topological polar surface area (TPSA) is 89.5 Å². The largest absolute Gasteiger partial charge is 0.469 e. The predicted molar refractivity (Wildman–Crippen MR) is 155 cm³/mol. The van der Waals surface area contributed by atoms with Gasteiger partial charge in [-0.25, -0.2) is 9.78 Å². The van der Waals surface area contributed by atoms with Crippen molar-refractivity contribution in [2.24, 2.45) is 5.92 Å². The highest BCUT2D eigenvalue weighted by molar-refractivity contribution is 7.15. The number of anilines is 2. The molecular formula is C30H28ClN3O4S. The van der Waals surface area contributed by atoms with E-state index in [1.807, 2.05) is 60.8 Å². The summed E-state index contributed by atoms with van der Waals surface area (Å²) in [6.07, 6.45) is 5.46. The molecular weight excluding hydrogens is 534 g/mol. The second-order valence-corrected chi connectivity index (χ2v) is 10.8. The molecule has 0 saturated heterocycles. The summed E-state index contributed by atoms with van der Waals surface area (Å²) in [7, 11) is 1.45. The Morgan fingerprint density at radius 1 is 0.949 bits per heavy atom. The maximum Gasteiger partial charge on any atom is 0.323 e. The number of hydrogen-bond donors (Lipinski definition) is 2. The van der Waals surface area contributed by atoms with Gasteiger partial charge >= 0.3 is 12.0 Å². The molecule has 7 nitrogen and oxygen atoms in total. The summed E-state index contributed by atoms with van der Waals surface area (Å²) in [4.78, 5) is 30.3. The number of amides is 2. The first-order valence-corrected chi connectivity index (χ1v) is 13.9. The maximum absolute atomic E-state index is 12.7. The van der Waals surface area contributed by atoms with Gasteiger partial charge in [-0.15, -0.1) is 11.3 Å². The van der Waals surface area contributed by atoms with Crippen molar-refractivity contribution in [3.8, 4) is 21.9 Å². The van der Waals surface area contributed by atoms with E-state index in [4.69, 9.17) is 21.1 Å². The minimum Gasteiger partial charge on any atom is -0.469 e. The maximum atomic E-state index is 12.7. The SMILES string of the molecule is COC(=O)C1CCC(c2ncc(-c3ccc(NC(=O)Nc4ccc(Cl)cc4Oc4ccccc4)cc3)s2)CC1. The Morgan fingerprint density at radius 2 is 1.69 bits per heavy atom. The van der Waals surface area contributed by atoms with Crippen molar-refractivity contribution < 1.29 is 19.1 Å². The second-order valence-electron chi connectivity index (χ2n) is 9.35. The van der Waals surface area contributed by atoms with Crippen LogP contribution in [0.4, 0.5) is 16.2 Å². The molecule has 1 aliphatic carbocycles. The van der Waals surface area contributed by atoms with E-state index in [9.17, 15) is 9.59 Å². The summed E-state index contributed by atoms with van der Waals surface area (Å²) < 4.78 is 10.8. The molecule has 0 aliphatic heterocycles. The molecule has 0 radical (unpaired) electrons. The Bertz CT molecular complexity index is 1430. The number of halogens is 1. The number of carbonyl (C=O) groups excluding carboxylic acids is 2. The average molecular weight is 562 g/mol. The number of ether oxygens (including phenoxy) is 2. The lowest BCUT2D eigenvalue weighted by atomic mass is 9.82. The summed E-state index contributed by atoms with van der Waals surface area (Å²) in [5.41, 5.74) is 2.18. The first kappa shape index (κ1) is 26.7. The van der Waals surface area contributed by atoms with E-state index in [0.29, 0.717) is 33.8 Å². The number of thiazole rings is 1. The molecule has 3 aromatic carbocycles. The fraction of sp³-hybridized carbons (Fsp3) is 0.233. The molecule has 9 heteroatoms. The van der Waals surface area contributed by atoms with Gasteiger partial charge in [0.05, 0.1) is 28.6 Å². The van der Waals surface area contributed by atoms with E-state index >= 15 is 0 Å². The number of aromatic nitrogens is 1. The molecule has 5 rings (SSSR count). The third kappa shape index (κ3) is 6.77. The van der Waals surface area contributed by atoms with Crippen molar-refractivity contribution in [3.63, 3.8) is 0 Å². The molecule has 4 aromatic rings. The second kappa shape index (κ2) is 12.3. The van der Waals surface area contributed by atoms with Gasteiger partial charge in [0.25, 0.3) is 0 Å². The lowest BCUT2D eigenvalue weighted by molar-refractivity contribution is -0.146. The molecule has 0 bridgehead atoms. The number of rotatable bonds is 7. The Balaban J connectivity index is 1.19. The third-order valence-electron chi connectivity index (χ3n) is 6.72. The molecule has 0 atom stereocenters. The number of nitrogens with one attached hydrogen (secondary N) is 2. The van der Waals surface area contributed by atoms with Crippen LogP contribution in [-0.4, -0.2) is 24.1 Å². The summed E-state index contributed by atoms with van der Waals surface area (Å²) in [6.45, 7) is 0. The van der Waals surface area contributed by atoms with Crippen LogP contribution in [-0.2, 0) is 9.53 Å². The standard InChI is InChI=1S/C30H28ClN3O4S/c1-37-29(35)21-9-7-20(8-10-21)28-32-18-27(39-28)19-11-14-23(15-12-19)33-30(36)34-25-16-13-22(31)17-26(25)38-24-5-3-2-4-6-24/h2-6,11-18,20-21H,7-10H2,1H3,(H2,33,34,36). The number of nitrogens with zero attached hydrogens (tertiary/aromatic N) is 1. The monoisotopic (exact) mass is 561 g/mol. The minimum absolute atomic E-state index is 0.00518. The van der Waals surface area contributed by atoms with Crippen LogP contribution in [0.5, 0.6) is 11.5 Å². The molecule has 1 aromatic heterocycles. The zero-order valence-corrected chi connectivity index (χ0v) is 22.9. The molecule has 1 saturated carbocycles. The van der Waals surface area contributed by atoms with Crippen LogP contribution in [0.15, 0.2) is 79.0 Å². The summed E-state index contributed by atoms with van der Waals surface area (Å²) in [6, 6.07) is 21.6. The van der Waals surface area contributed by atoms with E-state index in [-0.39, 0.29) is 11.9 Å². The van der Waals surface area contributed by atoms with Gasteiger partial charge in [-0.1, -0.05) is 41.9 Å². The number of esters is 1. The highest BCUT2D eigenvalue weighted by Crippen LogP contribution is 2.40. The van der Waals surface area contributed by atoms with Crippen molar-refractivity contribution in [2.75, 3.05) is 17.7 Å². The molecule has 1 aliphatic rings. The average Bonchev–Trinajstić information content (AvgIpc) is 3.45. The number of urea groups is 1. The predicted octanol–water partition coefficient (Wildman–Crippen LogP) is 8.35. The Hall–Kier alpha value is -3.88. The minimum atomic E-state index is -0.398. The van der Waals surface area contributed by atoms with Crippen molar-refractivity contribution in [1.29, 1.82) is 0 Å². The van der Waals surface area contributed by atoms with E-state index in [1.54, 1.807) is 29.5 Å². The van der Waals surface area contributed by atoms with Crippen molar-refractivity contribution in [1.82, 2.24) is 4.98 Å². The van der Waals surface area contributed by atoms with Gasteiger partial charge in [-0.2, -0.15) is 0 Å². The first-order valence-electron chi connectivity index (χ1n) is 12.7. The lowest BCUT2D eigenvalue weighted by Crippen LogP contribution is -2.22. The highest BCUT2D eigenvalue weighted by atomic mass is 35.5. The van der Waals surface area contributed by atoms with Crippen LogP contribution in [0, 0.1) is 5.92 Å². The van der Waals surface area contributed by atoms with Crippen LogP contribution in [0.3, 0.4) is 0 Å². The van der Waals surface area contributed by atoms with Crippen LogP contribution >= 0.6 is 22.9 Å². The molecule has 39 heavy (non-hydrogen) atoms. The number of para-hydroxylation sites is 1. The fourth-order valence-corrected chi connectivity index (χ4v) is 5.91. The fourth-order valence-electron chi connectivity index (χ4n) is 4.65. The zero-order valence-electron chi connectivity index (χ0n) is 21.4. The number of hydrogen-bond acceptors (Lipinski definition) is 6. The number of carbonyl (C=O) groups is 2. The van der Waals surface area contributed by atoms with Gasteiger partial charge in [0.2, 0.25) is 0 Å². The highest BCUT2D eigenvalue weighted by Gasteiger charge is 2.29. The molecule has 0 spiro atoms. The lowest BCUT2D eigenvalue weighted by Gasteiger charge is -2.25. The Kier molecular flexibility index (Phi) is 8.44. The first-order chi connectivity index (χ1) is 19.0.